The van der Waals surface area contributed by atoms with E-state index < -0.39 is 5.60 Å². The van der Waals surface area contributed by atoms with E-state index in [9.17, 15) is 14.7 Å². The zero-order chi connectivity index (χ0) is 17.7. The average molecular weight is 336 g/mol. The topological polar surface area (TPSA) is 71.8 Å². The molecule has 6 heteroatoms. The van der Waals surface area contributed by atoms with E-state index in [0.29, 0.717) is 45.5 Å². The number of hydrogen-bond acceptors (Lipinski definition) is 4. The summed E-state index contributed by atoms with van der Waals surface area (Å²) in [7, 11) is 1.63. The van der Waals surface area contributed by atoms with Gasteiger partial charge in [0.25, 0.3) is 5.56 Å². The predicted octanol–water partition coefficient (Wildman–Crippen LogP) is 1.18. The quantitative estimate of drug-likeness (QED) is 0.847. The Morgan fingerprint density at radius 3 is 2.83 bits per heavy atom. The number of pyridine rings is 1. The number of amides is 1. The van der Waals surface area contributed by atoms with Crippen molar-refractivity contribution in [1.82, 2.24) is 9.47 Å². The van der Waals surface area contributed by atoms with E-state index in [-0.39, 0.29) is 17.4 Å². The zero-order valence-electron chi connectivity index (χ0n) is 14.8. The lowest BCUT2D eigenvalue weighted by molar-refractivity contribution is -0.140. The number of ether oxygens (including phenoxy) is 1. The third kappa shape index (κ3) is 4.24. The van der Waals surface area contributed by atoms with Gasteiger partial charge in [-0.15, -0.1) is 0 Å². The van der Waals surface area contributed by atoms with Gasteiger partial charge in [0.1, 0.15) is 0 Å². The highest BCUT2D eigenvalue weighted by molar-refractivity contribution is 5.76. The number of rotatable bonds is 6. The van der Waals surface area contributed by atoms with Crippen LogP contribution in [0, 0.1) is 12.8 Å². The normalized spacial score (nSPS) is 24.2. The summed E-state index contributed by atoms with van der Waals surface area (Å²) < 4.78 is 6.69. The molecule has 0 aliphatic carbocycles. The van der Waals surface area contributed by atoms with Gasteiger partial charge >= 0.3 is 0 Å². The summed E-state index contributed by atoms with van der Waals surface area (Å²) in [5.74, 6) is 0.0392. The maximum atomic E-state index is 12.5. The van der Waals surface area contributed by atoms with Crippen LogP contribution in [0.3, 0.4) is 0 Å². The first-order valence-corrected chi connectivity index (χ1v) is 8.53. The maximum absolute atomic E-state index is 12.5. The molecule has 0 spiro atoms. The summed E-state index contributed by atoms with van der Waals surface area (Å²) >= 11 is 0. The molecule has 1 fully saturated rings. The van der Waals surface area contributed by atoms with E-state index in [1.54, 1.807) is 22.6 Å². The molecule has 1 aromatic rings. The van der Waals surface area contributed by atoms with Gasteiger partial charge in [-0.1, -0.05) is 13.0 Å². The van der Waals surface area contributed by atoms with Crippen molar-refractivity contribution < 1.29 is 14.6 Å². The Morgan fingerprint density at radius 1 is 1.46 bits per heavy atom. The Balaban J connectivity index is 1.92. The fourth-order valence-corrected chi connectivity index (χ4v) is 3.32. The summed E-state index contributed by atoms with van der Waals surface area (Å²) in [4.78, 5) is 26.1. The Hall–Kier alpha value is -1.66. The minimum atomic E-state index is -0.764. The van der Waals surface area contributed by atoms with Gasteiger partial charge in [-0.05, 0) is 25.8 Å². The van der Waals surface area contributed by atoms with Crippen LogP contribution in [0.4, 0.5) is 0 Å². The Kier molecular flexibility index (Phi) is 6.18. The van der Waals surface area contributed by atoms with Gasteiger partial charge in [0.2, 0.25) is 5.91 Å². The third-order valence-electron chi connectivity index (χ3n) is 5.14. The molecule has 0 aromatic carbocycles. The van der Waals surface area contributed by atoms with E-state index in [2.05, 4.69) is 0 Å². The molecule has 2 atom stereocenters. The zero-order valence-corrected chi connectivity index (χ0v) is 14.8. The fourth-order valence-electron chi connectivity index (χ4n) is 3.32. The first-order valence-electron chi connectivity index (χ1n) is 8.53. The molecule has 1 aliphatic heterocycles. The Bertz CT molecular complexity index is 628. The second-order valence-corrected chi connectivity index (χ2v) is 6.74. The number of aromatic nitrogens is 1. The summed E-state index contributed by atoms with van der Waals surface area (Å²) in [6.07, 6.45) is 1.45. The number of likely N-dealkylation sites (tertiary alicyclic amines) is 1. The average Bonchev–Trinajstić information content (AvgIpc) is 2.55. The molecule has 1 aliphatic rings. The van der Waals surface area contributed by atoms with Crippen LogP contribution in [-0.4, -0.2) is 52.9 Å². The molecule has 0 bridgehead atoms. The van der Waals surface area contributed by atoms with E-state index in [4.69, 9.17) is 4.74 Å². The molecule has 24 heavy (non-hydrogen) atoms. The summed E-state index contributed by atoms with van der Waals surface area (Å²) in [5, 5.41) is 10.7. The van der Waals surface area contributed by atoms with Gasteiger partial charge in [-0.25, -0.2) is 0 Å². The number of hydrogen-bond donors (Lipinski definition) is 1. The Labute approximate surface area is 143 Å². The van der Waals surface area contributed by atoms with Crippen LogP contribution < -0.4 is 5.56 Å². The highest BCUT2D eigenvalue weighted by Gasteiger charge is 2.39. The molecule has 1 saturated heterocycles. The third-order valence-corrected chi connectivity index (χ3v) is 5.14. The van der Waals surface area contributed by atoms with Crippen molar-refractivity contribution in [3.63, 3.8) is 0 Å². The van der Waals surface area contributed by atoms with Crippen molar-refractivity contribution in [3.05, 3.63) is 34.2 Å². The second kappa shape index (κ2) is 7.94. The fraction of sp³-hybridized carbons (Fsp3) is 0.667. The van der Waals surface area contributed by atoms with Crippen LogP contribution in [0.5, 0.6) is 0 Å². The van der Waals surface area contributed by atoms with Crippen LogP contribution in [0.1, 0.15) is 31.9 Å². The SMILES string of the molecule is COCC[C@]1(O)CCN(C(=O)CCn2c(C)cccc2=O)C[C@H]1C. The maximum Gasteiger partial charge on any atom is 0.250 e. The molecule has 1 aromatic heterocycles. The standard InChI is InChI=1S/C18H28N2O4/c1-14-13-19(11-8-18(14,23)9-12-24-3)16(21)7-10-20-15(2)5-4-6-17(20)22/h4-6,14,23H,7-13H2,1-3H3/t14-,18-/m1/s1. The smallest absolute Gasteiger partial charge is 0.250 e. The number of carbonyl (C=O) groups excluding carboxylic acids is 1. The lowest BCUT2D eigenvalue weighted by Gasteiger charge is -2.43. The minimum absolute atomic E-state index is 0.00605. The van der Waals surface area contributed by atoms with Crippen molar-refractivity contribution in [2.24, 2.45) is 5.92 Å². The highest BCUT2D eigenvalue weighted by atomic mass is 16.5. The minimum Gasteiger partial charge on any atom is -0.389 e. The van der Waals surface area contributed by atoms with E-state index in [1.165, 1.54) is 6.07 Å². The van der Waals surface area contributed by atoms with E-state index in [0.717, 1.165) is 5.69 Å². The molecule has 0 radical (unpaired) electrons. The molecule has 0 saturated carbocycles. The number of methoxy groups -OCH3 is 1. The van der Waals surface area contributed by atoms with Gasteiger partial charge in [-0.3, -0.25) is 9.59 Å². The van der Waals surface area contributed by atoms with Crippen molar-refractivity contribution in [3.8, 4) is 0 Å². The molecule has 6 nitrogen and oxygen atoms in total. The van der Waals surface area contributed by atoms with Crippen LogP contribution in [0.15, 0.2) is 23.0 Å². The molecule has 0 unspecified atom stereocenters. The van der Waals surface area contributed by atoms with Gasteiger partial charge in [0.15, 0.2) is 0 Å². The summed E-state index contributed by atoms with van der Waals surface area (Å²) in [5.41, 5.74) is 0.0136. The molecule has 1 amide bonds. The molecule has 2 heterocycles. The number of carbonyl (C=O) groups is 1. The lowest BCUT2D eigenvalue weighted by atomic mass is 9.80. The number of nitrogens with zero attached hydrogens (tertiary/aromatic N) is 2. The van der Waals surface area contributed by atoms with Gasteiger partial charge in [0, 0.05) is 57.4 Å². The highest BCUT2D eigenvalue weighted by Crippen LogP contribution is 2.31. The van der Waals surface area contributed by atoms with Crippen LogP contribution in [0.25, 0.3) is 0 Å². The number of aryl methyl sites for hydroxylation is 1. The monoisotopic (exact) mass is 336 g/mol. The molecular weight excluding hydrogens is 308 g/mol. The van der Waals surface area contributed by atoms with Crippen LogP contribution in [-0.2, 0) is 16.1 Å². The lowest BCUT2D eigenvalue weighted by Crippen LogP contribution is -2.53. The first-order chi connectivity index (χ1) is 11.4. The van der Waals surface area contributed by atoms with E-state index in [1.807, 2.05) is 19.9 Å². The number of aliphatic hydroxyl groups is 1. The summed E-state index contributed by atoms with van der Waals surface area (Å²) in [6, 6.07) is 5.10. The Morgan fingerprint density at radius 2 is 2.21 bits per heavy atom. The van der Waals surface area contributed by atoms with Crippen molar-refractivity contribution in [2.45, 2.75) is 45.3 Å². The molecule has 2 rings (SSSR count). The van der Waals surface area contributed by atoms with Gasteiger partial charge in [0.05, 0.1) is 5.60 Å². The van der Waals surface area contributed by atoms with Crippen LogP contribution >= 0.6 is 0 Å². The van der Waals surface area contributed by atoms with Crippen molar-refractivity contribution in [1.29, 1.82) is 0 Å². The first kappa shape index (κ1) is 18.7. The molecular formula is C18H28N2O4. The summed E-state index contributed by atoms with van der Waals surface area (Å²) in [6.45, 7) is 5.84. The predicted molar refractivity (Wildman–Crippen MR) is 91.9 cm³/mol. The van der Waals surface area contributed by atoms with Gasteiger partial charge in [-0.2, -0.15) is 0 Å². The van der Waals surface area contributed by atoms with Crippen molar-refractivity contribution in [2.75, 3.05) is 26.8 Å². The largest absolute Gasteiger partial charge is 0.389 e. The van der Waals surface area contributed by atoms with E-state index >= 15 is 0 Å². The van der Waals surface area contributed by atoms with Crippen LogP contribution in [0.2, 0.25) is 0 Å². The van der Waals surface area contributed by atoms with Crippen molar-refractivity contribution >= 4 is 5.91 Å². The second-order valence-electron chi connectivity index (χ2n) is 6.74. The molecule has 1 N–H and O–H groups in total. The molecule has 134 valence electrons. The van der Waals surface area contributed by atoms with Gasteiger partial charge < -0.3 is 19.3 Å². The number of piperidine rings is 1.